The van der Waals surface area contributed by atoms with E-state index in [9.17, 15) is 9.59 Å². The Hall–Kier alpha value is -1.14. The fourth-order valence-corrected chi connectivity index (χ4v) is 2.45. The van der Waals surface area contributed by atoms with Crippen molar-refractivity contribution in [2.75, 3.05) is 26.2 Å². The second-order valence-electron chi connectivity index (χ2n) is 4.98. The highest BCUT2D eigenvalue weighted by molar-refractivity contribution is 5.72. The Labute approximate surface area is 106 Å². The van der Waals surface area contributed by atoms with Gasteiger partial charge >= 0.3 is 11.9 Å². The number of hydrogen-bond donors (Lipinski definition) is 2. The molecule has 0 spiro atoms. The van der Waals surface area contributed by atoms with Crippen LogP contribution >= 0.6 is 0 Å². The molecule has 6 nitrogen and oxygen atoms in total. The molecule has 0 aromatic rings. The predicted octanol–water partition coefficient (Wildman–Crippen LogP) is 0.241. The van der Waals surface area contributed by atoms with Crippen molar-refractivity contribution >= 4 is 11.9 Å². The van der Waals surface area contributed by atoms with Crippen LogP contribution in [0.15, 0.2) is 0 Å². The van der Waals surface area contributed by atoms with E-state index in [4.69, 9.17) is 9.94 Å². The van der Waals surface area contributed by atoms with E-state index in [0.29, 0.717) is 25.9 Å². The van der Waals surface area contributed by atoms with Gasteiger partial charge in [0.1, 0.15) is 0 Å². The monoisotopic (exact) mass is 256 g/mol. The summed E-state index contributed by atoms with van der Waals surface area (Å²) < 4.78 is 0. The number of aliphatic carboxylic acids is 1. The van der Waals surface area contributed by atoms with Gasteiger partial charge in [-0.1, -0.05) is 0 Å². The smallest absolute Gasteiger partial charge is 0.328 e. The van der Waals surface area contributed by atoms with Crippen molar-refractivity contribution in [2.45, 2.75) is 25.7 Å². The van der Waals surface area contributed by atoms with Gasteiger partial charge in [-0.3, -0.25) is 9.59 Å². The van der Waals surface area contributed by atoms with E-state index >= 15 is 0 Å². The lowest BCUT2D eigenvalue weighted by molar-refractivity contribution is -0.203. The van der Waals surface area contributed by atoms with E-state index < -0.39 is 5.97 Å². The molecule has 18 heavy (non-hydrogen) atoms. The normalized spacial score (nSPS) is 23.8. The van der Waals surface area contributed by atoms with Gasteiger partial charge in [-0.2, -0.15) is 0 Å². The van der Waals surface area contributed by atoms with Crippen molar-refractivity contribution in [1.82, 2.24) is 10.4 Å². The number of nitrogens with one attached hydrogen (secondary N) is 1. The second kappa shape index (κ2) is 6.15. The van der Waals surface area contributed by atoms with Crippen molar-refractivity contribution in [3.63, 3.8) is 0 Å². The molecule has 0 amide bonds. The Balaban J connectivity index is 1.73. The summed E-state index contributed by atoms with van der Waals surface area (Å²) in [7, 11) is 0. The van der Waals surface area contributed by atoms with Crippen LogP contribution in [0.5, 0.6) is 0 Å². The number of carboxylic acid groups (broad SMARTS) is 1. The van der Waals surface area contributed by atoms with Crippen LogP contribution in [0.2, 0.25) is 0 Å². The second-order valence-corrected chi connectivity index (χ2v) is 4.98. The number of carbonyl (C=O) groups excluding carboxylic acids is 1. The van der Waals surface area contributed by atoms with Gasteiger partial charge < -0.3 is 15.3 Å². The van der Waals surface area contributed by atoms with Crippen LogP contribution < -0.4 is 5.32 Å². The largest absolute Gasteiger partial charge is 0.481 e. The van der Waals surface area contributed by atoms with E-state index in [2.05, 4.69) is 5.32 Å². The first kappa shape index (κ1) is 13.3. The maximum Gasteiger partial charge on any atom is 0.328 e. The highest BCUT2D eigenvalue weighted by atomic mass is 16.7. The fourth-order valence-electron chi connectivity index (χ4n) is 2.45. The summed E-state index contributed by atoms with van der Waals surface area (Å²) in [6, 6.07) is 0. The number of carbonyl (C=O) groups is 2. The molecule has 2 heterocycles. The minimum Gasteiger partial charge on any atom is -0.481 e. The predicted molar refractivity (Wildman–Crippen MR) is 63.6 cm³/mol. The van der Waals surface area contributed by atoms with E-state index in [0.717, 1.165) is 25.9 Å². The van der Waals surface area contributed by atoms with Crippen molar-refractivity contribution in [3.05, 3.63) is 0 Å². The zero-order chi connectivity index (χ0) is 13.0. The quantitative estimate of drug-likeness (QED) is 0.753. The molecule has 0 aliphatic carbocycles. The molecule has 0 atom stereocenters. The molecule has 0 radical (unpaired) electrons. The van der Waals surface area contributed by atoms with Crippen LogP contribution in [0.3, 0.4) is 0 Å². The Morgan fingerprint density at radius 2 is 1.67 bits per heavy atom. The minimum atomic E-state index is -0.751. The maximum absolute atomic E-state index is 11.9. The van der Waals surface area contributed by atoms with E-state index in [1.54, 1.807) is 5.06 Å². The van der Waals surface area contributed by atoms with Crippen molar-refractivity contribution in [3.8, 4) is 0 Å². The van der Waals surface area contributed by atoms with Gasteiger partial charge in [-0.05, 0) is 38.8 Å². The lowest BCUT2D eigenvalue weighted by Crippen LogP contribution is -2.40. The van der Waals surface area contributed by atoms with Gasteiger partial charge in [0.25, 0.3) is 0 Å². The van der Waals surface area contributed by atoms with Gasteiger partial charge in [-0.25, -0.2) is 0 Å². The third-order valence-corrected chi connectivity index (χ3v) is 3.69. The Kier molecular flexibility index (Phi) is 4.54. The van der Waals surface area contributed by atoms with Crippen molar-refractivity contribution < 1.29 is 19.5 Å². The van der Waals surface area contributed by atoms with Crippen molar-refractivity contribution in [2.24, 2.45) is 11.8 Å². The molecule has 0 bridgehead atoms. The third kappa shape index (κ3) is 3.43. The molecular formula is C12H20N2O4. The number of hydrogen-bond acceptors (Lipinski definition) is 5. The van der Waals surface area contributed by atoms with Crippen LogP contribution in [0.4, 0.5) is 0 Å². The summed E-state index contributed by atoms with van der Waals surface area (Å²) in [5, 5.41) is 13.7. The SMILES string of the molecule is O=C(O)C1CCN(OC(=O)C2CCNCC2)CC1. The lowest BCUT2D eigenvalue weighted by atomic mass is 9.98. The van der Waals surface area contributed by atoms with Gasteiger partial charge in [-0.15, -0.1) is 5.06 Å². The first-order valence-corrected chi connectivity index (χ1v) is 6.57. The standard InChI is InChI=1S/C12H20N2O4/c15-11(16)9-3-7-14(8-4-9)18-12(17)10-1-5-13-6-2-10/h9-10,13H,1-8H2,(H,15,16). The zero-order valence-electron chi connectivity index (χ0n) is 10.4. The first-order chi connectivity index (χ1) is 8.66. The van der Waals surface area contributed by atoms with E-state index in [1.807, 2.05) is 0 Å². The van der Waals surface area contributed by atoms with E-state index in [-0.39, 0.29) is 17.8 Å². The summed E-state index contributed by atoms with van der Waals surface area (Å²) in [6.07, 6.45) is 2.75. The van der Waals surface area contributed by atoms with Crippen LogP contribution in [0.1, 0.15) is 25.7 Å². The minimum absolute atomic E-state index is 0.0107. The molecule has 2 N–H and O–H groups in total. The van der Waals surface area contributed by atoms with Crippen LogP contribution in [0, 0.1) is 11.8 Å². The summed E-state index contributed by atoms with van der Waals surface area (Å²) in [6.45, 7) is 2.77. The Bertz CT molecular complexity index is 307. The third-order valence-electron chi connectivity index (χ3n) is 3.69. The highest BCUT2D eigenvalue weighted by Gasteiger charge is 2.29. The average molecular weight is 256 g/mol. The van der Waals surface area contributed by atoms with Crippen LogP contribution in [-0.4, -0.2) is 48.3 Å². The van der Waals surface area contributed by atoms with Crippen LogP contribution in [0.25, 0.3) is 0 Å². The van der Waals surface area contributed by atoms with Crippen LogP contribution in [-0.2, 0) is 14.4 Å². The molecule has 0 aromatic carbocycles. The van der Waals surface area contributed by atoms with Gasteiger partial charge in [0.15, 0.2) is 0 Å². The molecular weight excluding hydrogens is 236 g/mol. The molecule has 6 heteroatoms. The molecule has 0 saturated carbocycles. The molecule has 2 aliphatic heterocycles. The Morgan fingerprint density at radius 1 is 1.06 bits per heavy atom. The number of piperidine rings is 2. The first-order valence-electron chi connectivity index (χ1n) is 6.57. The molecule has 2 aliphatic rings. The number of hydroxylamine groups is 2. The topological polar surface area (TPSA) is 78.9 Å². The van der Waals surface area contributed by atoms with Crippen molar-refractivity contribution in [1.29, 1.82) is 0 Å². The lowest BCUT2D eigenvalue weighted by Gasteiger charge is -2.30. The summed E-state index contributed by atoms with van der Waals surface area (Å²) in [4.78, 5) is 28.0. The maximum atomic E-state index is 11.9. The van der Waals surface area contributed by atoms with Gasteiger partial charge in [0.05, 0.1) is 11.8 Å². The molecule has 0 unspecified atom stereocenters. The van der Waals surface area contributed by atoms with E-state index in [1.165, 1.54) is 0 Å². The molecule has 2 rings (SSSR count). The fraction of sp³-hybridized carbons (Fsp3) is 0.833. The Morgan fingerprint density at radius 3 is 2.22 bits per heavy atom. The highest BCUT2D eigenvalue weighted by Crippen LogP contribution is 2.20. The molecule has 0 aromatic heterocycles. The van der Waals surface area contributed by atoms with Gasteiger partial charge in [0, 0.05) is 13.1 Å². The average Bonchev–Trinajstić information content (AvgIpc) is 2.40. The summed E-state index contributed by atoms with van der Waals surface area (Å²) in [5.74, 6) is -1.22. The molecule has 102 valence electrons. The number of nitrogens with zero attached hydrogens (tertiary/aromatic N) is 1. The summed E-state index contributed by atoms with van der Waals surface area (Å²) in [5.41, 5.74) is 0. The molecule has 2 fully saturated rings. The number of carboxylic acids is 1. The number of rotatable bonds is 3. The summed E-state index contributed by atoms with van der Waals surface area (Å²) >= 11 is 0. The zero-order valence-corrected chi connectivity index (χ0v) is 10.4. The van der Waals surface area contributed by atoms with Gasteiger partial charge in [0.2, 0.25) is 0 Å². The molecule has 2 saturated heterocycles.